The van der Waals surface area contributed by atoms with E-state index in [-0.39, 0.29) is 24.0 Å². The number of hydrogen-bond acceptors (Lipinski definition) is 4. The first-order chi connectivity index (χ1) is 11.8. The number of piperidine rings is 1. The maximum absolute atomic E-state index is 5.07. The maximum Gasteiger partial charge on any atom is 0.191 e. The van der Waals surface area contributed by atoms with Gasteiger partial charge in [0.25, 0.3) is 0 Å². The molecule has 142 valence electrons. The first kappa shape index (κ1) is 22.0. The van der Waals surface area contributed by atoms with Crippen molar-refractivity contribution in [2.45, 2.75) is 39.2 Å². The van der Waals surface area contributed by atoms with Crippen molar-refractivity contribution in [1.82, 2.24) is 15.6 Å². The fourth-order valence-corrected chi connectivity index (χ4v) is 2.79. The van der Waals surface area contributed by atoms with Gasteiger partial charge in [0, 0.05) is 46.1 Å². The number of ether oxygens (including phenoxy) is 1. The van der Waals surface area contributed by atoms with Crippen LogP contribution in [0.1, 0.15) is 38.2 Å². The first-order valence-electron chi connectivity index (χ1n) is 9.04. The molecule has 25 heavy (non-hydrogen) atoms. The molecule has 6 nitrogen and oxygen atoms in total. The van der Waals surface area contributed by atoms with Crippen LogP contribution in [-0.4, -0.2) is 50.8 Å². The van der Waals surface area contributed by atoms with Crippen LogP contribution >= 0.6 is 24.0 Å². The van der Waals surface area contributed by atoms with Crippen molar-refractivity contribution in [3.05, 3.63) is 23.9 Å². The van der Waals surface area contributed by atoms with Crippen LogP contribution < -0.4 is 15.5 Å². The number of anilines is 1. The molecule has 2 rings (SSSR count). The molecular formula is C18H32IN5O. The molecule has 1 aliphatic heterocycles. The summed E-state index contributed by atoms with van der Waals surface area (Å²) in [5, 5.41) is 6.62. The minimum Gasteiger partial charge on any atom is -0.385 e. The number of aromatic nitrogens is 1. The number of pyridine rings is 1. The molecule has 1 aromatic rings. The quantitative estimate of drug-likeness (QED) is 0.270. The fraction of sp³-hybridized carbons (Fsp3) is 0.667. The van der Waals surface area contributed by atoms with E-state index in [1.807, 2.05) is 12.3 Å². The fourth-order valence-electron chi connectivity index (χ4n) is 2.79. The molecule has 1 saturated heterocycles. The van der Waals surface area contributed by atoms with Gasteiger partial charge in [-0.25, -0.2) is 9.98 Å². The van der Waals surface area contributed by atoms with Crippen molar-refractivity contribution in [3.63, 3.8) is 0 Å². The molecule has 1 aromatic heterocycles. The Bertz CT molecular complexity index is 506. The molecule has 1 fully saturated rings. The number of rotatable bonds is 8. The lowest BCUT2D eigenvalue weighted by molar-refractivity contribution is 0.195. The van der Waals surface area contributed by atoms with E-state index < -0.39 is 0 Å². The molecule has 1 aliphatic rings. The predicted octanol–water partition coefficient (Wildman–Crippen LogP) is 2.78. The molecule has 2 N–H and O–H groups in total. The van der Waals surface area contributed by atoms with Gasteiger partial charge in [-0.05, 0) is 50.3 Å². The summed E-state index contributed by atoms with van der Waals surface area (Å²) in [6.45, 7) is 7.43. The molecule has 0 saturated carbocycles. The van der Waals surface area contributed by atoms with Gasteiger partial charge in [0.2, 0.25) is 0 Å². The number of methoxy groups -OCH3 is 1. The molecule has 7 heteroatoms. The number of hydrogen-bond donors (Lipinski definition) is 2. The van der Waals surface area contributed by atoms with E-state index >= 15 is 0 Å². The Hall–Kier alpha value is -1.09. The lowest BCUT2D eigenvalue weighted by Gasteiger charge is -2.27. The Morgan fingerprint density at radius 2 is 2.08 bits per heavy atom. The van der Waals surface area contributed by atoms with Crippen LogP contribution in [-0.2, 0) is 11.3 Å². The Kier molecular flexibility index (Phi) is 11.6. The van der Waals surface area contributed by atoms with E-state index in [2.05, 4.69) is 38.5 Å². The highest BCUT2D eigenvalue weighted by atomic mass is 127. The Morgan fingerprint density at radius 3 is 2.80 bits per heavy atom. The van der Waals surface area contributed by atoms with Gasteiger partial charge in [-0.1, -0.05) is 0 Å². The van der Waals surface area contributed by atoms with Crippen molar-refractivity contribution < 1.29 is 4.74 Å². The summed E-state index contributed by atoms with van der Waals surface area (Å²) in [4.78, 5) is 11.6. The molecule has 0 radical (unpaired) electrons. The second-order valence-electron chi connectivity index (χ2n) is 6.04. The van der Waals surface area contributed by atoms with E-state index in [1.54, 1.807) is 7.11 Å². The van der Waals surface area contributed by atoms with Gasteiger partial charge < -0.3 is 20.3 Å². The van der Waals surface area contributed by atoms with Crippen molar-refractivity contribution >= 4 is 35.8 Å². The highest BCUT2D eigenvalue weighted by molar-refractivity contribution is 14.0. The molecule has 0 aliphatic carbocycles. The van der Waals surface area contributed by atoms with Gasteiger partial charge in [-0.15, -0.1) is 24.0 Å². The molecule has 0 aromatic carbocycles. The summed E-state index contributed by atoms with van der Waals surface area (Å²) in [7, 11) is 1.72. The van der Waals surface area contributed by atoms with Crippen LogP contribution in [0.25, 0.3) is 0 Å². The number of aliphatic imine (C=N–C) groups is 1. The van der Waals surface area contributed by atoms with E-state index in [0.717, 1.165) is 51.0 Å². The summed E-state index contributed by atoms with van der Waals surface area (Å²) in [6.07, 6.45) is 6.73. The summed E-state index contributed by atoms with van der Waals surface area (Å²) >= 11 is 0. The topological polar surface area (TPSA) is 61.8 Å². The van der Waals surface area contributed by atoms with Gasteiger partial charge in [-0.2, -0.15) is 0 Å². The smallest absolute Gasteiger partial charge is 0.191 e. The lowest BCUT2D eigenvalue weighted by atomic mass is 10.1. The van der Waals surface area contributed by atoms with E-state index in [0.29, 0.717) is 6.54 Å². The highest BCUT2D eigenvalue weighted by Crippen LogP contribution is 2.18. The number of nitrogens with zero attached hydrogens (tertiary/aromatic N) is 3. The normalized spacial score (nSPS) is 14.8. The Balaban J connectivity index is 0.00000312. The van der Waals surface area contributed by atoms with Crippen molar-refractivity contribution in [2.24, 2.45) is 4.99 Å². The Morgan fingerprint density at radius 1 is 1.28 bits per heavy atom. The summed E-state index contributed by atoms with van der Waals surface area (Å²) in [5.41, 5.74) is 1.19. The van der Waals surface area contributed by atoms with Crippen LogP contribution in [0, 0.1) is 0 Å². The van der Waals surface area contributed by atoms with Crippen LogP contribution in [0.5, 0.6) is 0 Å². The minimum atomic E-state index is 0. The molecule has 0 spiro atoms. The maximum atomic E-state index is 5.07. The predicted molar refractivity (Wildman–Crippen MR) is 115 cm³/mol. The van der Waals surface area contributed by atoms with Crippen LogP contribution in [0.3, 0.4) is 0 Å². The largest absolute Gasteiger partial charge is 0.385 e. The summed E-state index contributed by atoms with van der Waals surface area (Å²) in [6, 6.07) is 4.22. The zero-order chi connectivity index (χ0) is 17.0. The molecule has 0 unspecified atom stereocenters. The zero-order valence-electron chi connectivity index (χ0n) is 15.5. The lowest BCUT2D eigenvalue weighted by Crippen LogP contribution is -2.38. The summed E-state index contributed by atoms with van der Waals surface area (Å²) in [5.74, 6) is 1.94. The molecule has 0 atom stereocenters. The summed E-state index contributed by atoms with van der Waals surface area (Å²) < 4.78 is 5.07. The van der Waals surface area contributed by atoms with Gasteiger partial charge in [0.15, 0.2) is 5.96 Å². The highest BCUT2D eigenvalue weighted by Gasteiger charge is 2.12. The first-order valence-corrected chi connectivity index (χ1v) is 9.04. The van der Waals surface area contributed by atoms with Crippen LogP contribution in [0.4, 0.5) is 5.82 Å². The van der Waals surface area contributed by atoms with Gasteiger partial charge >= 0.3 is 0 Å². The third-order valence-corrected chi connectivity index (χ3v) is 4.07. The van der Waals surface area contributed by atoms with E-state index in [9.17, 15) is 0 Å². The molecule has 0 amide bonds. The van der Waals surface area contributed by atoms with Crippen molar-refractivity contribution in [3.8, 4) is 0 Å². The second kappa shape index (κ2) is 13.2. The molecule has 2 heterocycles. The van der Waals surface area contributed by atoms with Crippen molar-refractivity contribution in [2.75, 3.05) is 44.8 Å². The van der Waals surface area contributed by atoms with Gasteiger partial charge in [0.1, 0.15) is 5.82 Å². The third-order valence-electron chi connectivity index (χ3n) is 4.07. The minimum absolute atomic E-state index is 0. The second-order valence-corrected chi connectivity index (χ2v) is 6.04. The van der Waals surface area contributed by atoms with Gasteiger partial charge in [-0.3, -0.25) is 0 Å². The van der Waals surface area contributed by atoms with Crippen molar-refractivity contribution in [1.29, 1.82) is 0 Å². The van der Waals surface area contributed by atoms with Crippen LogP contribution in [0.15, 0.2) is 23.3 Å². The monoisotopic (exact) mass is 461 g/mol. The SMILES string of the molecule is CCNC(=NCc1ccnc(N2CCCCC2)c1)NCCCOC.I. The number of guanidine groups is 1. The zero-order valence-corrected chi connectivity index (χ0v) is 17.8. The standard InChI is InChI=1S/C18H31N5O.HI/c1-3-19-18(21-9-7-13-24-2)22-15-16-8-10-20-17(14-16)23-11-5-4-6-12-23;/h8,10,14H,3-7,9,11-13,15H2,1-2H3,(H2,19,21,22);1H. The van der Waals surface area contributed by atoms with E-state index in [1.165, 1.54) is 24.8 Å². The third kappa shape index (κ3) is 8.22. The average molecular weight is 461 g/mol. The number of nitrogens with one attached hydrogen (secondary N) is 2. The Labute approximate surface area is 168 Å². The molecular weight excluding hydrogens is 429 g/mol. The van der Waals surface area contributed by atoms with Gasteiger partial charge in [0.05, 0.1) is 6.54 Å². The van der Waals surface area contributed by atoms with E-state index in [4.69, 9.17) is 4.74 Å². The number of halogens is 1. The average Bonchev–Trinajstić information content (AvgIpc) is 2.64. The molecule has 0 bridgehead atoms. The van der Waals surface area contributed by atoms with Crippen LogP contribution in [0.2, 0.25) is 0 Å².